The average molecular weight is 398 g/mol. The Morgan fingerprint density at radius 3 is 2.30 bits per heavy atom. The number of nitrogens with zero attached hydrogens (tertiary/aromatic N) is 1. The zero-order chi connectivity index (χ0) is 21.5. The number of urea groups is 1. The molecule has 3 rings (SSSR count). The fraction of sp³-hybridized carbons (Fsp3) is 0.125. The molecule has 0 aliphatic heterocycles. The minimum absolute atomic E-state index is 0.0617. The van der Waals surface area contributed by atoms with Gasteiger partial charge in [0.1, 0.15) is 6.07 Å². The Bertz CT molecular complexity index is 1130. The highest BCUT2D eigenvalue weighted by Crippen LogP contribution is 2.20. The van der Waals surface area contributed by atoms with Crippen LogP contribution in [0, 0.1) is 18.3 Å². The molecule has 2 amide bonds. The van der Waals surface area contributed by atoms with Crippen molar-refractivity contribution in [3.8, 4) is 6.07 Å². The van der Waals surface area contributed by atoms with Crippen LogP contribution in [-0.4, -0.2) is 11.8 Å². The summed E-state index contributed by atoms with van der Waals surface area (Å²) in [6.45, 7) is 3.89. The summed E-state index contributed by atoms with van der Waals surface area (Å²) in [6, 6.07) is 21.7. The van der Waals surface area contributed by atoms with E-state index < -0.39 is 0 Å². The normalized spacial score (nSPS) is 10.0. The van der Waals surface area contributed by atoms with Crippen LogP contribution in [0.3, 0.4) is 0 Å². The first kappa shape index (κ1) is 20.6. The molecular formula is C24H22N4O2. The second-order valence-electron chi connectivity index (χ2n) is 6.93. The SMILES string of the molecule is CC(=O)c1ccc(C#N)c(NCc2cccc(NC(=O)Nc3cccc(C)c3)c2)c1. The topological polar surface area (TPSA) is 94.0 Å². The van der Waals surface area contributed by atoms with Crippen LogP contribution in [0.4, 0.5) is 21.9 Å². The van der Waals surface area contributed by atoms with E-state index in [1.807, 2.05) is 49.4 Å². The van der Waals surface area contributed by atoms with Crippen LogP contribution in [0.15, 0.2) is 66.7 Å². The first-order valence-electron chi connectivity index (χ1n) is 9.47. The number of benzene rings is 3. The summed E-state index contributed by atoms with van der Waals surface area (Å²) in [5.74, 6) is -0.0617. The Labute approximate surface area is 175 Å². The van der Waals surface area contributed by atoms with Gasteiger partial charge in [-0.15, -0.1) is 0 Å². The number of carbonyl (C=O) groups excluding carboxylic acids is 2. The molecule has 0 saturated carbocycles. The van der Waals surface area contributed by atoms with Crippen LogP contribution in [0.25, 0.3) is 0 Å². The molecule has 0 aromatic heterocycles. The molecule has 0 unspecified atom stereocenters. The Balaban J connectivity index is 1.66. The van der Waals surface area contributed by atoms with Crippen molar-refractivity contribution in [2.24, 2.45) is 0 Å². The molecule has 6 heteroatoms. The van der Waals surface area contributed by atoms with Gasteiger partial charge in [-0.1, -0.05) is 24.3 Å². The van der Waals surface area contributed by atoms with Gasteiger partial charge in [0.05, 0.1) is 11.3 Å². The second-order valence-corrected chi connectivity index (χ2v) is 6.93. The van der Waals surface area contributed by atoms with E-state index in [2.05, 4.69) is 22.0 Å². The standard InChI is InChI=1S/C24H22N4O2/c1-16-5-3-7-21(11-16)27-24(30)28-22-8-4-6-18(12-22)15-26-23-13-19(17(2)29)9-10-20(23)14-25/h3-13,26H,15H2,1-2H3,(H2,27,28,30). The first-order valence-corrected chi connectivity index (χ1v) is 9.47. The molecule has 30 heavy (non-hydrogen) atoms. The zero-order valence-electron chi connectivity index (χ0n) is 16.8. The summed E-state index contributed by atoms with van der Waals surface area (Å²) in [5, 5.41) is 18.1. The van der Waals surface area contributed by atoms with Gasteiger partial charge < -0.3 is 16.0 Å². The Hall–Kier alpha value is -4.11. The van der Waals surface area contributed by atoms with Gasteiger partial charge in [-0.25, -0.2) is 4.79 Å². The van der Waals surface area contributed by atoms with Crippen molar-refractivity contribution in [3.05, 3.63) is 89.0 Å². The molecule has 3 aromatic carbocycles. The van der Waals surface area contributed by atoms with Crippen molar-refractivity contribution >= 4 is 28.9 Å². The fourth-order valence-corrected chi connectivity index (χ4v) is 2.98. The summed E-state index contributed by atoms with van der Waals surface area (Å²) in [4.78, 5) is 23.9. The van der Waals surface area contributed by atoms with E-state index in [1.54, 1.807) is 24.3 Å². The van der Waals surface area contributed by atoms with E-state index in [4.69, 9.17) is 0 Å². The molecule has 0 spiro atoms. The summed E-state index contributed by atoms with van der Waals surface area (Å²) in [5.41, 5.74) is 4.95. The van der Waals surface area contributed by atoms with E-state index in [0.717, 1.165) is 16.8 Å². The number of hydrogen-bond donors (Lipinski definition) is 3. The molecule has 0 bridgehead atoms. The van der Waals surface area contributed by atoms with Gasteiger partial charge >= 0.3 is 6.03 Å². The Kier molecular flexibility index (Phi) is 6.46. The number of hydrogen-bond acceptors (Lipinski definition) is 4. The van der Waals surface area contributed by atoms with E-state index in [-0.39, 0.29) is 11.8 Å². The molecule has 3 N–H and O–H groups in total. The molecule has 150 valence electrons. The minimum atomic E-state index is -0.327. The predicted molar refractivity (Wildman–Crippen MR) is 119 cm³/mol. The van der Waals surface area contributed by atoms with Crippen LogP contribution >= 0.6 is 0 Å². The zero-order valence-corrected chi connectivity index (χ0v) is 16.8. The smallest absolute Gasteiger partial charge is 0.323 e. The van der Waals surface area contributed by atoms with Gasteiger partial charge in [0.2, 0.25) is 0 Å². The molecule has 0 aliphatic carbocycles. The lowest BCUT2D eigenvalue weighted by Crippen LogP contribution is -2.19. The summed E-state index contributed by atoms with van der Waals surface area (Å²) < 4.78 is 0. The Morgan fingerprint density at radius 2 is 1.63 bits per heavy atom. The van der Waals surface area contributed by atoms with Gasteiger partial charge in [0.25, 0.3) is 0 Å². The molecule has 0 atom stereocenters. The summed E-state index contributed by atoms with van der Waals surface area (Å²) in [6.07, 6.45) is 0. The maximum atomic E-state index is 12.3. The van der Waals surface area contributed by atoms with Crippen molar-refractivity contribution < 1.29 is 9.59 Å². The lowest BCUT2D eigenvalue weighted by Gasteiger charge is -2.12. The van der Waals surface area contributed by atoms with E-state index in [9.17, 15) is 14.9 Å². The number of anilines is 3. The van der Waals surface area contributed by atoms with Crippen molar-refractivity contribution in [3.63, 3.8) is 0 Å². The number of amides is 2. The van der Waals surface area contributed by atoms with Crippen LogP contribution < -0.4 is 16.0 Å². The van der Waals surface area contributed by atoms with E-state index in [0.29, 0.717) is 29.0 Å². The van der Waals surface area contributed by atoms with Crippen LogP contribution in [-0.2, 0) is 6.54 Å². The van der Waals surface area contributed by atoms with Gasteiger partial charge in [-0.05, 0) is 67.4 Å². The molecule has 6 nitrogen and oxygen atoms in total. The molecule has 0 heterocycles. The molecule has 0 aliphatic rings. The third-order valence-electron chi connectivity index (χ3n) is 4.49. The lowest BCUT2D eigenvalue weighted by atomic mass is 10.1. The number of Topliss-reactive ketones (excluding diaryl/α,β-unsaturated/α-hetero) is 1. The van der Waals surface area contributed by atoms with Gasteiger partial charge in [-0.3, -0.25) is 4.79 Å². The highest BCUT2D eigenvalue weighted by molar-refractivity contribution is 5.99. The number of rotatable bonds is 6. The number of aryl methyl sites for hydroxylation is 1. The number of ketones is 1. The summed E-state index contributed by atoms with van der Waals surface area (Å²) >= 11 is 0. The number of carbonyl (C=O) groups is 2. The molecular weight excluding hydrogens is 376 g/mol. The quantitative estimate of drug-likeness (QED) is 0.490. The minimum Gasteiger partial charge on any atom is -0.380 e. The van der Waals surface area contributed by atoms with Gasteiger partial charge in [0.15, 0.2) is 5.78 Å². The third-order valence-corrected chi connectivity index (χ3v) is 4.49. The second kappa shape index (κ2) is 9.39. The highest BCUT2D eigenvalue weighted by atomic mass is 16.2. The Morgan fingerprint density at radius 1 is 0.933 bits per heavy atom. The van der Waals surface area contributed by atoms with Gasteiger partial charge in [-0.2, -0.15) is 5.26 Å². The average Bonchev–Trinajstić information content (AvgIpc) is 2.72. The number of nitrogens with one attached hydrogen (secondary N) is 3. The van der Waals surface area contributed by atoms with Crippen LogP contribution in [0.1, 0.15) is 34.0 Å². The van der Waals surface area contributed by atoms with Crippen molar-refractivity contribution in [2.45, 2.75) is 20.4 Å². The van der Waals surface area contributed by atoms with Crippen LogP contribution in [0.5, 0.6) is 0 Å². The predicted octanol–water partition coefficient (Wildman–Crippen LogP) is 5.33. The fourth-order valence-electron chi connectivity index (χ4n) is 2.98. The monoisotopic (exact) mass is 398 g/mol. The molecule has 0 radical (unpaired) electrons. The number of nitriles is 1. The van der Waals surface area contributed by atoms with E-state index in [1.165, 1.54) is 6.92 Å². The molecule has 0 saturated heterocycles. The maximum Gasteiger partial charge on any atom is 0.323 e. The van der Waals surface area contributed by atoms with Crippen LogP contribution in [0.2, 0.25) is 0 Å². The van der Waals surface area contributed by atoms with E-state index >= 15 is 0 Å². The third kappa shape index (κ3) is 5.46. The lowest BCUT2D eigenvalue weighted by molar-refractivity contribution is 0.101. The maximum absolute atomic E-state index is 12.3. The van der Waals surface area contributed by atoms with Crippen molar-refractivity contribution in [2.75, 3.05) is 16.0 Å². The first-order chi connectivity index (χ1) is 14.4. The molecule has 3 aromatic rings. The summed E-state index contributed by atoms with van der Waals surface area (Å²) in [7, 11) is 0. The highest BCUT2D eigenvalue weighted by Gasteiger charge is 2.08. The van der Waals surface area contributed by atoms with Crippen molar-refractivity contribution in [1.29, 1.82) is 5.26 Å². The largest absolute Gasteiger partial charge is 0.380 e. The van der Waals surface area contributed by atoms with Gasteiger partial charge in [0, 0.05) is 23.5 Å². The molecule has 0 fully saturated rings. The van der Waals surface area contributed by atoms with Crippen molar-refractivity contribution in [1.82, 2.24) is 0 Å².